The molecule has 128 valence electrons. The number of aliphatic hydroxyl groups is 1. The SMILES string of the molecule is COc1ccc2ncc(=O)n(-c3cnc4c(c3)CC(O)C(N)C4)c2n1. The Kier molecular flexibility index (Phi) is 3.70. The molecule has 0 radical (unpaired) electrons. The molecule has 4 rings (SSSR count). The number of ether oxygens (including phenoxy) is 1. The topological polar surface area (TPSA) is 116 Å². The maximum atomic E-state index is 12.4. The third-order valence-electron chi connectivity index (χ3n) is 4.44. The number of methoxy groups -OCH3 is 1. The van der Waals surface area contributed by atoms with Crippen LogP contribution in [0.5, 0.6) is 5.88 Å². The summed E-state index contributed by atoms with van der Waals surface area (Å²) in [5.41, 5.74) is 8.83. The fraction of sp³-hybridized carbons (Fsp3) is 0.294. The second-order valence-corrected chi connectivity index (χ2v) is 6.07. The predicted molar refractivity (Wildman–Crippen MR) is 90.9 cm³/mol. The molecule has 3 aromatic rings. The summed E-state index contributed by atoms with van der Waals surface area (Å²) in [6.07, 6.45) is 3.17. The molecule has 0 amide bonds. The van der Waals surface area contributed by atoms with Crippen LogP contribution in [-0.2, 0) is 12.8 Å². The van der Waals surface area contributed by atoms with Gasteiger partial charge in [0.1, 0.15) is 5.52 Å². The lowest BCUT2D eigenvalue weighted by atomic mass is 9.90. The fourth-order valence-corrected chi connectivity index (χ4v) is 3.08. The minimum Gasteiger partial charge on any atom is -0.481 e. The molecule has 0 aliphatic heterocycles. The standard InChI is InChI=1S/C17H17N5O3/c1-25-15-3-2-12-17(21-15)22(16(24)8-20-12)10-4-9-5-14(23)11(18)6-13(9)19-7-10/h2-4,7-8,11,14,23H,5-6,18H2,1H3. The zero-order valence-electron chi connectivity index (χ0n) is 13.6. The van der Waals surface area contributed by atoms with E-state index in [9.17, 15) is 9.90 Å². The van der Waals surface area contributed by atoms with E-state index in [0.29, 0.717) is 35.6 Å². The van der Waals surface area contributed by atoms with E-state index < -0.39 is 6.10 Å². The molecule has 0 aromatic carbocycles. The molecule has 2 unspecified atom stereocenters. The van der Waals surface area contributed by atoms with Gasteiger partial charge in [-0.25, -0.2) is 4.98 Å². The minimum atomic E-state index is -0.617. The van der Waals surface area contributed by atoms with Crippen LogP contribution in [0.2, 0.25) is 0 Å². The first-order valence-corrected chi connectivity index (χ1v) is 7.91. The lowest BCUT2D eigenvalue weighted by molar-refractivity contribution is 0.136. The van der Waals surface area contributed by atoms with Crippen LogP contribution in [0.1, 0.15) is 11.3 Å². The van der Waals surface area contributed by atoms with E-state index in [1.165, 1.54) is 17.9 Å². The van der Waals surface area contributed by atoms with Crippen molar-refractivity contribution < 1.29 is 9.84 Å². The van der Waals surface area contributed by atoms with E-state index in [-0.39, 0.29) is 11.6 Å². The lowest BCUT2D eigenvalue weighted by Crippen LogP contribution is -2.42. The zero-order valence-corrected chi connectivity index (χ0v) is 13.6. The highest BCUT2D eigenvalue weighted by atomic mass is 16.5. The number of nitrogens with zero attached hydrogens (tertiary/aromatic N) is 4. The van der Waals surface area contributed by atoms with Gasteiger partial charge in [-0.3, -0.25) is 14.3 Å². The quantitative estimate of drug-likeness (QED) is 0.673. The van der Waals surface area contributed by atoms with Crippen LogP contribution in [0.3, 0.4) is 0 Å². The van der Waals surface area contributed by atoms with Gasteiger partial charge in [-0.1, -0.05) is 0 Å². The number of fused-ring (bicyclic) bond motifs is 2. The molecule has 8 nitrogen and oxygen atoms in total. The number of rotatable bonds is 2. The van der Waals surface area contributed by atoms with E-state index in [0.717, 1.165) is 11.3 Å². The second kappa shape index (κ2) is 5.91. The normalized spacial score (nSPS) is 19.6. The molecule has 3 N–H and O–H groups in total. The Hall–Kier alpha value is -2.84. The fourth-order valence-electron chi connectivity index (χ4n) is 3.08. The summed E-state index contributed by atoms with van der Waals surface area (Å²) < 4.78 is 6.60. The molecule has 0 fully saturated rings. The summed E-state index contributed by atoms with van der Waals surface area (Å²) in [5, 5.41) is 10.0. The second-order valence-electron chi connectivity index (χ2n) is 6.07. The molecular formula is C17H17N5O3. The highest BCUT2D eigenvalue weighted by molar-refractivity contribution is 5.72. The Morgan fingerprint density at radius 2 is 2.12 bits per heavy atom. The van der Waals surface area contributed by atoms with Gasteiger partial charge in [0.25, 0.3) is 5.56 Å². The van der Waals surface area contributed by atoms with Crippen LogP contribution in [0.4, 0.5) is 0 Å². The Labute approximate surface area is 142 Å². The van der Waals surface area contributed by atoms with Gasteiger partial charge in [-0.05, 0) is 17.7 Å². The van der Waals surface area contributed by atoms with Gasteiger partial charge in [-0.2, -0.15) is 4.98 Å². The summed E-state index contributed by atoms with van der Waals surface area (Å²) in [7, 11) is 1.51. The van der Waals surface area contributed by atoms with Crippen LogP contribution < -0.4 is 16.0 Å². The Balaban J connectivity index is 1.92. The van der Waals surface area contributed by atoms with E-state index in [1.54, 1.807) is 18.3 Å². The maximum Gasteiger partial charge on any atom is 0.275 e. The number of pyridine rings is 2. The monoisotopic (exact) mass is 339 g/mol. The largest absolute Gasteiger partial charge is 0.481 e. The minimum absolute atomic E-state index is 0.317. The molecule has 3 aromatic heterocycles. The zero-order chi connectivity index (χ0) is 17.6. The van der Waals surface area contributed by atoms with E-state index >= 15 is 0 Å². The van der Waals surface area contributed by atoms with Gasteiger partial charge in [0.05, 0.1) is 31.3 Å². The van der Waals surface area contributed by atoms with Crippen molar-refractivity contribution in [2.45, 2.75) is 25.0 Å². The van der Waals surface area contributed by atoms with Gasteiger partial charge in [0, 0.05) is 30.6 Å². The van der Waals surface area contributed by atoms with Crippen molar-refractivity contribution in [3.05, 3.63) is 52.2 Å². The van der Waals surface area contributed by atoms with Crippen molar-refractivity contribution in [1.82, 2.24) is 19.5 Å². The van der Waals surface area contributed by atoms with Gasteiger partial charge >= 0.3 is 0 Å². The number of aromatic nitrogens is 4. The summed E-state index contributed by atoms with van der Waals surface area (Å²) in [5.74, 6) is 0.390. The molecule has 2 atom stereocenters. The summed E-state index contributed by atoms with van der Waals surface area (Å²) in [6.45, 7) is 0. The van der Waals surface area contributed by atoms with Crippen molar-refractivity contribution >= 4 is 11.2 Å². The molecule has 25 heavy (non-hydrogen) atoms. The molecular weight excluding hydrogens is 322 g/mol. The molecule has 1 aliphatic rings. The average molecular weight is 339 g/mol. The van der Waals surface area contributed by atoms with Crippen LogP contribution in [0.25, 0.3) is 16.9 Å². The summed E-state index contributed by atoms with van der Waals surface area (Å²) in [4.78, 5) is 25.4. The molecule has 1 aliphatic carbocycles. The van der Waals surface area contributed by atoms with Gasteiger partial charge in [-0.15, -0.1) is 0 Å². The summed E-state index contributed by atoms with van der Waals surface area (Å²) >= 11 is 0. The van der Waals surface area contributed by atoms with E-state index in [1.807, 2.05) is 6.07 Å². The highest BCUT2D eigenvalue weighted by Gasteiger charge is 2.25. The maximum absolute atomic E-state index is 12.4. The molecule has 0 saturated carbocycles. The van der Waals surface area contributed by atoms with Gasteiger partial charge < -0.3 is 15.6 Å². The number of nitrogens with two attached hydrogens (primary N) is 1. The molecule has 3 heterocycles. The van der Waals surface area contributed by atoms with Crippen molar-refractivity contribution in [2.24, 2.45) is 5.73 Å². The molecule has 8 heteroatoms. The molecule has 0 bridgehead atoms. The predicted octanol–water partition coefficient (Wildman–Crippen LogP) is -0.0289. The van der Waals surface area contributed by atoms with Crippen molar-refractivity contribution in [3.63, 3.8) is 0 Å². The highest BCUT2D eigenvalue weighted by Crippen LogP contribution is 2.23. The third kappa shape index (κ3) is 2.65. The Bertz CT molecular complexity index is 1020. The average Bonchev–Trinajstić information content (AvgIpc) is 2.62. The summed E-state index contributed by atoms with van der Waals surface area (Å²) in [6, 6.07) is 4.96. The van der Waals surface area contributed by atoms with Crippen LogP contribution in [0.15, 0.2) is 35.4 Å². The van der Waals surface area contributed by atoms with Crippen molar-refractivity contribution in [3.8, 4) is 11.6 Å². The first-order chi connectivity index (χ1) is 12.1. The van der Waals surface area contributed by atoms with E-state index in [4.69, 9.17) is 10.5 Å². The van der Waals surface area contributed by atoms with Crippen LogP contribution in [0, 0.1) is 0 Å². The van der Waals surface area contributed by atoms with Crippen molar-refractivity contribution in [2.75, 3.05) is 7.11 Å². The number of hydrogen-bond donors (Lipinski definition) is 2. The van der Waals surface area contributed by atoms with Gasteiger partial charge in [0.2, 0.25) is 5.88 Å². The number of aliphatic hydroxyl groups excluding tert-OH is 1. The lowest BCUT2D eigenvalue weighted by Gasteiger charge is -2.26. The van der Waals surface area contributed by atoms with E-state index in [2.05, 4.69) is 15.0 Å². The Morgan fingerprint density at radius 1 is 1.28 bits per heavy atom. The van der Waals surface area contributed by atoms with Crippen LogP contribution in [-0.4, -0.2) is 43.9 Å². The first-order valence-electron chi connectivity index (χ1n) is 7.91. The van der Waals surface area contributed by atoms with Crippen molar-refractivity contribution in [1.29, 1.82) is 0 Å². The number of hydrogen-bond acceptors (Lipinski definition) is 7. The van der Waals surface area contributed by atoms with Crippen LogP contribution >= 0.6 is 0 Å². The van der Waals surface area contributed by atoms with Gasteiger partial charge in [0.15, 0.2) is 5.65 Å². The molecule has 0 spiro atoms. The Morgan fingerprint density at radius 3 is 2.92 bits per heavy atom. The first kappa shape index (κ1) is 15.7. The third-order valence-corrected chi connectivity index (χ3v) is 4.44. The smallest absolute Gasteiger partial charge is 0.275 e. The molecule has 0 saturated heterocycles.